The first-order valence-electron chi connectivity index (χ1n) is 6.51. The van der Waals surface area contributed by atoms with Gasteiger partial charge in [0.1, 0.15) is 5.82 Å². The highest BCUT2D eigenvalue weighted by Gasteiger charge is 2.07. The molecule has 2 rings (SSSR count). The van der Waals surface area contributed by atoms with E-state index in [-0.39, 0.29) is 5.82 Å². The van der Waals surface area contributed by atoms with Crippen LogP contribution in [0.4, 0.5) is 10.1 Å². The minimum Gasteiger partial charge on any atom is -0.362 e. The Morgan fingerprint density at radius 3 is 2.45 bits per heavy atom. The van der Waals surface area contributed by atoms with Gasteiger partial charge in [0.2, 0.25) is 0 Å². The molecule has 0 aliphatic rings. The summed E-state index contributed by atoms with van der Waals surface area (Å²) >= 11 is 5.18. The number of anilines is 1. The molecule has 0 radical (unpaired) electrons. The highest BCUT2D eigenvalue weighted by molar-refractivity contribution is 7.80. The molecule has 2 aromatic carbocycles. The van der Waals surface area contributed by atoms with E-state index in [0.717, 1.165) is 0 Å². The quantitative estimate of drug-likeness (QED) is 0.834. The molecular weight excluding hydrogens is 271 g/mol. The largest absolute Gasteiger partial charge is 0.362 e. The van der Waals surface area contributed by atoms with Gasteiger partial charge < -0.3 is 10.6 Å². The molecule has 0 aliphatic carbocycles. The molecule has 0 saturated heterocycles. The van der Waals surface area contributed by atoms with E-state index in [1.165, 1.54) is 11.6 Å². The average molecular weight is 288 g/mol. The lowest BCUT2D eigenvalue weighted by Gasteiger charge is -2.15. The second-order valence-corrected chi connectivity index (χ2v) is 5.03. The summed E-state index contributed by atoms with van der Waals surface area (Å²) in [5, 5.41) is 6.40. The second kappa shape index (κ2) is 7.01. The van der Waals surface area contributed by atoms with Crippen molar-refractivity contribution < 1.29 is 4.39 Å². The van der Waals surface area contributed by atoms with E-state index < -0.39 is 0 Å². The van der Waals surface area contributed by atoms with Crippen LogP contribution in [-0.4, -0.2) is 11.7 Å². The molecular formula is C16H17FN2S. The van der Waals surface area contributed by atoms with Crippen molar-refractivity contribution in [1.29, 1.82) is 0 Å². The molecule has 0 aromatic heterocycles. The van der Waals surface area contributed by atoms with Crippen LogP contribution in [0.3, 0.4) is 0 Å². The molecule has 0 spiro atoms. The molecule has 0 amide bonds. The zero-order chi connectivity index (χ0) is 14.4. The topological polar surface area (TPSA) is 24.1 Å². The summed E-state index contributed by atoms with van der Waals surface area (Å²) in [5.41, 5.74) is 1.63. The van der Waals surface area contributed by atoms with E-state index in [9.17, 15) is 4.39 Å². The number of hydrogen-bond acceptors (Lipinski definition) is 1. The number of halogens is 1. The van der Waals surface area contributed by atoms with E-state index >= 15 is 0 Å². The van der Waals surface area contributed by atoms with Gasteiger partial charge in [-0.1, -0.05) is 49.4 Å². The van der Waals surface area contributed by atoms with Crippen molar-refractivity contribution in [1.82, 2.24) is 5.32 Å². The third kappa shape index (κ3) is 4.03. The zero-order valence-electron chi connectivity index (χ0n) is 11.3. The third-order valence-electron chi connectivity index (χ3n) is 3.06. The lowest BCUT2D eigenvalue weighted by Crippen LogP contribution is -2.31. The van der Waals surface area contributed by atoms with Crippen molar-refractivity contribution >= 4 is 23.0 Å². The molecule has 0 heterocycles. The maximum atomic E-state index is 13.5. The Hall–Kier alpha value is -1.94. The highest BCUT2D eigenvalue weighted by atomic mass is 32.1. The summed E-state index contributed by atoms with van der Waals surface area (Å²) in [5.74, 6) is 0.0179. The summed E-state index contributed by atoms with van der Waals surface area (Å²) in [7, 11) is 0. The number of benzene rings is 2. The number of hydrogen-bond donors (Lipinski definition) is 2. The maximum absolute atomic E-state index is 13.5. The van der Waals surface area contributed by atoms with Gasteiger partial charge in [0, 0.05) is 6.54 Å². The Labute approximate surface area is 124 Å². The molecule has 0 aliphatic heterocycles. The molecule has 0 bridgehead atoms. The summed E-state index contributed by atoms with van der Waals surface area (Å²) in [6, 6.07) is 16.7. The monoisotopic (exact) mass is 288 g/mol. The summed E-state index contributed by atoms with van der Waals surface area (Å²) in [6.07, 6.45) is 0. The molecule has 4 heteroatoms. The lowest BCUT2D eigenvalue weighted by atomic mass is 10.0. The van der Waals surface area contributed by atoms with Crippen LogP contribution in [0.1, 0.15) is 18.4 Å². The predicted octanol–water partition coefficient (Wildman–Crippen LogP) is 3.92. The smallest absolute Gasteiger partial charge is 0.170 e. The molecule has 0 unspecified atom stereocenters. The molecule has 0 saturated carbocycles. The molecule has 2 nitrogen and oxygen atoms in total. The van der Waals surface area contributed by atoms with Crippen LogP contribution >= 0.6 is 12.2 Å². The van der Waals surface area contributed by atoms with Crippen LogP contribution in [0.25, 0.3) is 0 Å². The van der Waals surface area contributed by atoms with Gasteiger partial charge in [-0.3, -0.25) is 0 Å². The Balaban J connectivity index is 1.85. The molecule has 2 aromatic rings. The molecule has 1 atom stereocenters. The summed E-state index contributed by atoms with van der Waals surface area (Å²) in [4.78, 5) is 0. The number of nitrogens with one attached hydrogen (secondary N) is 2. The van der Waals surface area contributed by atoms with E-state index in [1.54, 1.807) is 18.2 Å². The van der Waals surface area contributed by atoms with Crippen LogP contribution in [0, 0.1) is 5.82 Å². The van der Waals surface area contributed by atoms with Gasteiger partial charge in [0.15, 0.2) is 5.11 Å². The van der Waals surface area contributed by atoms with Crippen LogP contribution in [0.5, 0.6) is 0 Å². The van der Waals surface area contributed by atoms with E-state index in [2.05, 4.69) is 29.7 Å². The first-order chi connectivity index (χ1) is 9.66. The fraction of sp³-hybridized carbons (Fsp3) is 0.188. The van der Waals surface area contributed by atoms with Gasteiger partial charge in [0.05, 0.1) is 5.69 Å². The van der Waals surface area contributed by atoms with Crippen molar-refractivity contribution in [2.24, 2.45) is 0 Å². The maximum Gasteiger partial charge on any atom is 0.170 e. The summed E-state index contributed by atoms with van der Waals surface area (Å²) in [6.45, 7) is 2.82. The Morgan fingerprint density at radius 2 is 1.75 bits per heavy atom. The van der Waals surface area contributed by atoms with Gasteiger partial charge in [0.25, 0.3) is 0 Å². The number of para-hydroxylation sites is 1. The van der Waals surface area contributed by atoms with Crippen molar-refractivity contribution in [2.45, 2.75) is 12.8 Å². The minimum absolute atomic E-state index is 0.312. The van der Waals surface area contributed by atoms with Gasteiger partial charge in [-0.05, 0) is 35.8 Å². The van der Waals surface area contributed by atoms with Crippen LogP contribution in [0.15, 0.2) is 54.6 Å². The van der Waals surface area contributed by atoms with Crippen molar-refractivity contribution in [3.63, 3.8) is 0 Å². The fourth-order valence-electron chi connectivity index (χ4n) is 1.87. The van der Waals surface area contributed by atoms with Crippen LogP contribution < -0.4 is 10.6 Å². The molecule has 2 N–H and O–H groups in total. The van der Waals surface area contributed by atoms with E-state index in [0.29, 0.717) is 23.3 Å². The Kier molecular flexibility index (Phi) is 5.07. The molecule has 104 valence electrons. The SMILES string of the molecule is C[C@@H](CNC(=S)Nc1ccccc1F)c1ccccc1. The average Bonchev–Trinajstić information content (AvgIpc) is 2.48. The van der Waals surface area contributed by atoms with Crippen LogP contribution in [0.2, 0.25) is 0 Å². The van der Waals surface area contributed by atoms with Gasteiger partial charge in [-0.2, -0.15) is 0 Å². The Bertz CT molecular complexity index is 572. The number of rotatable bonds is 4. The number of thiocarbonyl (C=S) groups is 1. The Morgan fingerprint density at radius 1 is 1.10 bits per heavy atom. The first-order valence-corrected chi connectivity index (χ1v) is 6.92. The molecule has 20 heavy (non-hydrogen) atoms. The van der Waals surface area contributed by atoms with E-state index in [4.69, 9.17) is 12.2 Å². The summed E-state index contributed by atoms with van der Waals surface area (Å²) < 4.78 is 13.5. The second-order valence-electron chi connectivity index (χ2n) is 4.63. The normalized spacial score (nSPS) is 11.7. The highest BCUT2D eigenvalue weighted by Crippen LogP contribution is 2.14. The lowest BCUT2D eigenvalue weighted by molar-refractivity contribution is 0.632. The van der Waals surface area contributed by atoms with Crippen LogP contribution in [-0.2, 0) is 0 Å². The third-order valence-corrected chi connectivity index (χ3v) is 3.31. The molecule has 0 fully saturated rings. The van der Waals surface area contributed by atoms with E-state index in [1.807, 2.05) is 18.2 Å². The fourth-order valence-corrected chi connectivity index (χ4v) is 2.07. The van der Waals surface area contributed by atoms with Gasteiger partial charge in [-0.25, -0.2) is 4.39 Å². The van der Waals surface area contributed by atoms with Crippen molar-refractivity contribution in [3.05, 3.63) is 66.0 Å². The first kappa shape index (κ1) is 14.5. The standard InChI is InChI=1S/C16H17FN2S/c1-12(13-7-3-2-4-8-13)11-18-16(20)19-15-10-6-5-9-14(15)17/h2-10,12H,11H2,1H3,(H2,18,19,20)/t12-/m0/s1. The van der Waals surface area contributed by atoms with Crippen molar-refractivity contribution in [2.75, 3.05) is 11.9 Å². The predicted molar refractivity (Wildman–Crippen MR) is 85.5 cm³/mol. The van der Waals surface area contributed by atoms with Gasteiger partial charge in [-0.15, -0.1) is 0 Å². The zero-order valence-corrected chi connectivity index (χ0v) is 12.1. The van der Waals surface area contributed by atoms with Crippen molar-refractivity contribution in [3.8, 4) is 0 Å². The van der Waals surface area contributed by atoms with Gasteiger partial charge >= 0.3 is 0 Å². The minimum atomic E-state index is -0.312.